The second-order valence-electron chi connectivity index (χ2n) is 18.6. The summed E-state index contributed by atoms with van der Waals surface area (Å²) < 4.78 is 16.2. The zero-order valence-corrected chi connectivity index (χ0v) is 38.6. The van der Waals surface area contributed by atoms with Crippen LogP contribution < -0.4 is 78.1 Å². The molecule has 9 aromatic carbocycles. The largest absolute Gasteiger partial charge is 0.458 e. The van der Waals surface area contributed by atoms with E-state index in [1.807, 2.05) is 60.7 Å². The summed E-state index contributed by atoms with van der Waals surface area (Å²) in [6.07, 6.45) is 2.07. The van der Waals surface area contributed by atoms with E-state index in [1.54, 1.807) is 11.9 Å². The maximum Gasteiger partial charge on any atom is 0.260 e. The predicted octanol–water partition coefficient (Wildman–Crippen LogP) is 7.41. The summed E-state index contributed by atoms with van der Waals surface area (Å²) in [5, 5.41) is 35.1. The van der Waals surface area contributed by atoms with Crippen molar-refractivity contribution in [3.8, 4) is 41.2 Å². The first-order valence-electron chi connectivity index (χ1n) is 23.5. The van der Waals surface area contributed by atoms with E-state index in [9.17, 15) is 15.8 Å². The Bertz CT molecular complexity index is 4020. The van der Waals surface area contributed by atoms with E-state index in [2.05, 4.69) is 153 Å². The summed E-state index contributed by atoms with van der Waals surface area (Å²) in [7, 11) is 0. The van der Waals surface area contributed by atoms with Crippen LogP contribution in [0, 0.1) is 34.0 Å². The number of fused-ring (bicyclic) bond motifs is 12. The monoisotopic (exact) mass is 923 g/mol. The minimum absolute atomic E-state index is 0.176. The van der Waals surface area contributed by atoms with Crippen molar-refractivity contribution in [2.75, 3.05) is 25.7 Å². The minimum Gasteiger partial charge on any atom is -0.458 e. The molecule has 0 spiro atoms. The molecule has 1 N–H and O–H groups in total. The number of hydrogen-bond donors (Lipinski definition) is 1. The molecule has 71 heavy (non-hydrogen) atoms. The number of rotatable bonds is 3. The van der Waals surface area contributed by atoms with Crippen LogP contribution >= 0.6 is 11.9 Å². The molecule has 326 valence electrons. The summed E-state index contributed by atoms with van der Waals surface area (Å²) in [5.74, 6) is 2.53. The average molecular weight is 923 g/mol. The number of benzene rings is 9. The van der Waals surface area contributed by atoms with Gasteiger partial charge in [0, 0.05) is 69.4 Å². The Morgan fingerprint density at radius 2 is 0.901 bits per heavy atom. The molecule has 0 saturated carbocycles. The molecule has 6 aliphatic heterocycles. The first-order chi connectivity index (χ1) is 35.0. The summed E-state index contributed by atoms with van der Waals surface area (Å²) in [6, 6.07) is 65.8. The molecule has 0 saturated heterocycles. The quantitative estimate of drug-likeness (QED) is 0.142. The highest BCUT2D eigenvalue weighted by atomic mass is 32.2. The normalized spacial score (nSPS) is 13.9. The van der Waals surface area contributed by atoms with E-state index >= 15 is 0 Å². The SMILES string of the molecule is CSN1c2cc3c(cc2B2c4ccccc4N(c4ccccc4)c4cc(C#N)cc1c42)B1c2cc4c(cc2Oc2cc(C#N)cc(c21)O3)Nc1cc(C#N)cc2c1B4c1ccccc1N2c1ccccc1. The van der Waals surface area contributed by atoms with Crippen LogP contribution in [0.4, 0.5) is 56.9 Å². The number of para-hydroxylation sites is 4. The van der Waals surface area contributed by atoms with Crippen LogP contribution in [0.3, 0.4) is 0 Å². The predicted molar refractivity (Wildman–Crippen MR) is 289 cm³/mol. The van der Waals surface area contributed by atoms with Gasteiger partial charge in [0.1, 0.15) is 23.0 Å². The van der Waals surface area contributed by atoms with Gasteiger partial charge in [-0.15, -0.1) is 0 Å². The molecule has 0 aromatic heterocycles. The van der Waals surface area contributed by atoms with Crippen LogP contribution in [0.2, 0.25) is 0 Å². The smallest absolute Gasteiger partial charge is 0.260 e. The van der Waals surface area contributed by atoms with Crippen LogP contribution in [-0.4, -0.2) is 26.4 Å². The highest BCUT2D eigenvalue weighted by molar-refractivity contribution is 8.00. The third-order valence-corrected chi connectivity index (χ3v) is 15.8. The fourth-order valence-electron chi connectivity index (χ4n) is 12.3. The van der Waals surface area contributed by atoms with Crippen molar-refractivity contribution in [1.29, 1.82) is 15.8 Å². The fraction of sp³-hybridized carbons (Fsp3) is 0.0172. The molecule has 6 aliphatic rings. The highest BCUT2D eigenvalue weighted by Crippen LogP contribution is 2.46. The molecule has 13 heteroatoms. The Kier molecular flexibility index (Phi) is 8.21. The molecule has 0 atom stereocenters. The van der Waals surface area contributed by atoms with Gasteiger partial charge in [0.2, 0.25) is 0 Å². The molecule has 0 radical (unpaired) electrons. The number of hydrogen-bond acceptors (Lipinski definition) is 10. The molecule has 0 aliphatic carbocycles. The van der Waals surface area contributed by atoms with E-state index in [1.165, 1.54) is 0 Å². The summed E-state index contributed by atoms with van der Waals surface area (Å²) >= 11 is 1.60. The van der Waals surface area contributed by atoms with Gasteiger partial charge in [0.25, 0.3) is 20.1 Å². The summed E-state index contributed by atoms with van der Waals surface area (Å²) in [4.78, 5) is 4.57. The molecule has 0 unspecified atom stereocenters. The standard InChI is InChI=1S/C58H32B3N7O2S/c1-71-68-48-29-53-43(27-41(48)60-39-17-9-11-19-47(39)67(37-14-6-3-7-15-37)50-22-34(31-63)23-51(68)57(50)60)61-42-26-40-44(28-52(42)69-54-24-35(32-64)25-55(70-53)58(54)61)65-45-20-33(30-62)21-49-56(45)59(40)38-16-8-10-18-46(38)66(49)36-12-4-2-5-13-36/h2-29,65H,1H3. The van der Waals surface area contributed by atoms with E-state index in [4.69, 9.17) is 9.47 Å². The van der Waals surface area contributed by atoms with Gasteiger partial charge in [-0.25, -0.2) is 0 Å². The Labute approximate surface area is 414 Å². The lowest BCUT2D eigenvalue weighted by atomic mass is 9.29. The van der Waals surface area contributed by atoms with Crippen LogP contribution in [0.5, 0.6) is 23.0 Å². The molecule has 0 bridgehead atoms. The Morgan fingerprint density at radius 3 is 1.51 bits per heavy atom. The number of nitriles is 3. The van der Waals surface area contributed by atoms with E-state index in [-0.39, 0.29) is 20.1 Å². The van der Waals surface area contributed by atoms with Crippen molar-refractivity contribution < 1.29 is 9.47 Å². The first-order valence-corrected chi connectivity index (χ1v) is 24.6. The third-order valence-electron chi connectivity index (χ3n) is 15.1. The molecule has 9 aromatic rings. The van der Waals surface area contributed by atoms with Crippen molar-refractivity contribution in [3.05, 3.63) is 187 Å². The van der Waals surface area contributed by atoms with Gasteiger partial charge < -0.3 is 24.6 Å². The van der Waals surface area contributed by atoms with Gasteiger partial charge in [-0.1, -0.05) is 84.9 Å². The topological polar surface area (TPSA) is 112 Å². The molecule has 0 fully saturated rings. The highest BCUT2D eigenvalue weighted by Gasteiger charge is 2.49. The molecule has 6 heterocycles. The van der Waals surface area contributed by atoms with Gasteiger partial charge in [-0.3, -0.25) is 4.31 Å². The van der Waals surface area contributed by atoms with Gasteiger partial charge in [0.05, 0.1) is 46.3 Å². The zero-order valence-electron chi connectivity index (χ0n) is 37.8. The Hall–Kier alpha value is -9.21. The minimum atomic E-state index is -0.332. The second-order valence-corrected chi connectivity index (χ2v) is 19.3. The first kappa shape index (κ1) is 39.8. The van der Waals surface area contributed by atoms with Gasteiger partial charge in [-0.2, -0.15) is 15.8 Å². The molecule has 9 nitrogen and oxygen atoms in total. The maximum atomic E-state index is 10.5. The van der Waals surface area contributed by atoms with E-state index in [0.717, 1.165) is 106 Å². The van der Waals surface area contributed by atoms with Crippen molar-refractivity contribution in [3.63, 3.8) is 0 Å². The Morgan fingerprint density at radius 1 is 0.408 bits per heavy atom. The lowest BCUT2D eigenvalue weighted by Gasteiger charge is -2.44. The third kappa shape index (κ3) is 5.43. The molecule has 0 amide bonds. The van der Waals surface area contributed by atoms with Crippen molar-refractivity contribution in [1.82, 2.24) is 0 Å². The van der Waals surface area contributed by atoms with Gasteiger partial charge in [-0.05, 0) is 128 Å². The average Bonchev–Trinajstić information content (AvgIpc) is 3.41. The van der Waals surface area contributed by atoms with Crippen molar-refractivity contribution >= 4 is 138 Å². The molecule has 15 rings (SSSR count). The number of ether oxygens (including phenoxy) is 2. The summed E-state index contributed by atoms with van der Waals surface area (Å²) in [5.41, 5.74) is 21.0. The molecular weight excluding hydrogens is 891 g/mol. The number of nitrogens with one attached hydrogen (secondary N) is 1. The lowest BCUT2D eigenvalue weighted by Crippen LogP contribution is -2.65. The van der Waals surface area contributed by atoms with Crippen LogP contribution in [0.15, 0.2) is 170 Å². The van der Waals surface area contributed by atoms with Gasteiger partial charge in [0.15, 0.2) is 0 Å². The van der Waals surface area contributed by atoms with Crippen molar-refractivity contribution in [2.45, 2.75) is 0 Å². The maximum absolute atomic E-state index is 10.5. The van der Waals surface area contributed by atoms with Gasteiger partial charge >= 0.3 is 0 Å². The molecular formula is C58H32B3N7O2S. The lowest BCUT2D eigenvalue weighted by molar-refractivity contribution is 0.464. The van der Waals surface area contributed by atoms with E-state index in [0.29, 0.717) is 39.7 Å². The van der Waals surface area contributed by atoms with E-state index < -0.39 is 0 Å². The van der Waals surface area contributed by atoms with Crippen LogP contribution in [0.1, 0.15) is 16.7 Å². The Balaban J connectivity index is 0.969. The second kappa shape index (κ2) is 14.7. The zero-order chi connectivity index (χ0) is 47.2. The number of anilines is 10. The number of nitrogens with zero attached hydrogens (tertiary/aromatic N) is 6. The fourth-order valence-corrected chi connectivity index (χ4v) is 13.0. The van der Waals surface area contributed by atoms with Crippen molar-refractivity contribution in [2.24, 2.45) is 0 Å². The van der Waals surface area contributed by atoms with Crippen LogP contribution in [0.25, 0.3) is 0 Å². The van der Waals surface area contributed by atoms with Crippen LogP contribution in [-0.2, 0) is 0 Å². The summed E-state index contributed by atoms with van der Waals surface area (Å²) in [6.45, 7) is -0.688.